The maximum Gasteiger partial charge on any atom is 0.254 e. The van der Waals surface area contributed by atoms with Crippen molar-refractivity contribution in [3.63, 3.8) is 0 Å². The second-order valence-electron chi connectivity index (χ2n) is 8.65. The van der Waals surface area contributed by atoms with Crippen molar-refractivity contribution in [2.75, 3.05) is 31.9 Å². The number of para-hydroxylation sites is 1. The number of rotatable bonds is 5. The molecular weight excluding hydrogens is 388 g/mol. The first-order valence-corrected chi connectivity index (χ1v) is 11.3. The van der Waals surface area contributed by atoms with Gasteiger partial charge in [0, 0.05) is 18.8 Å². The molecule has 0 spiro atoms. The predicted octanol–water partition coefficient (Wildman–Crippen LogP) is 2.98. The zero-order valence-corrected chi connectivity index (χ0v) is 17.9. The van der Waals surface area contributed by atoms with Gasteiger partial charge in [-0.05, 0) is 68.3 Å². The summed E-state index contributed by atoms with van der Waals surface area (Å²) in [6, 6.07) is 15.7. The van der Waals surface area contributed by atoms with Crippen molar-refractivity contribution >= 4 is 17.5 Å². The lowest BCUT2D eigenvalue weighted by Crippen LogP contribution is -2.47. The number of carbonyl (C=O) groups is 2. The summed E-state index contributed by atoms with van der Waals surface area (Å²) in [6.07, 6.45) is 4.55. The molecule has 0 saturated carbocycles. The Bertz CT molecular complexity index is 887. The summed E-state index contributed by atoms with van der Waals surface area (Å²) in [5.74, 6) is 1.09. The van der Waals surface area contributed by atoms with Crippen LogP contribution in [0.25, 0.3) is 0 Å². The fourth-order valence-corrected chi connectivity index (χ4v) is 4.94. The number of likely N-dealkylation sites (tertiary alicyclic amines) is 1. The number of amides is 2. The summed E-state index contributed by atoms with van der Waals surface area (Å²) in [5, 5.41) is 6.38. The summed E-state index contributed by atoms with van der Waals surface area (Å²) < 4.78 is 0. The number of hydrogen-bond acceptors (Lipinski definition) is 4. The molecule has 4 N–H and O–H groups in total. The van der Waals surface area contributed by atoms with Crippen LogP contribution in [0.15, 0.2) is 54.6 Å². The molecule has 6 heteroatoms. The first-order valence-electron chi connectivity index (χ1n) is 11.3. The minimum absolute atomic E-state index is 0.0437. The average molecular weight is 421 g/mol. The maximum absolute atomic E-state index is 13.5. The molecule has 2 aliphatic rings. The van der Waals surface area contributed by atoms with Crippen molar-refractivity contribution in [2.45, 2.75) is 31.7 Å². The van der Waals surface area contributed by atoms with Crippen LogP contribution in [-0.2, 0) is 4.79 Å². The maximum atomic E-state index is 13.5. The highest BCUT2D eigenvalue weighted by atomic mass is 16.2. The monoisotopic (exact) mass is 420 g/mol. The average Bonchev–Trinajstić information content (AvgIpc) is 2.83. The predicted molar refractivity (Wildman–Crippen MR) is 122 cm³/mol. The number of nitrogens with zero attached hydrogens (tertiary/aromatic N) is 1. The van der Waals surface area contributed by atoms with Crippen LogP contribution in [-0.4, -0.2) is 42.9 Å². The van der Waals surface area contributed by atoms with Crippen LogP contribution in [0.1, 0.15) is 47.6 Å². The van der Waals surface area contributed by atoms with Gasteiger partial charge >= 0.3 is 0 Å². The van der Waals surface area contributed by atoms with E-state index < -0.39 is 6.04 Å². The van der Waals surface area contributed by atoms with E-state index in [4.69, 9.17) is 5.73 Å². The third-order valence-electron chi connectivity index (χ3n) is 6.76. The normalized spacial score (nSPS) is 19.0. The molecule has 4 rings (SSSR count). The zero-order valence-electron chi connectivity index (χ0n) is 17.9. The molecule has 164 valence electrons. The molecule has 6 nitrogen and oxygen atoms in total. The first-order chi connectivity index (χ1) is 15.1. The van der Waals surface area contributed by atoms with Crippen LogP contribution < -0.4 is 16.4 Å². The van der Waals surface area contributed by atoms with E-state index in [1.807, 2.05) is 35.2 Å². The van der Waals surface area contributed by atoms with Crippen molar-refractivity contribution < 1.29 is 9.59 Å². The van der Waals surface area contributed by atoms with E-state index in [1.54, 1.807) is 24.3 Å². The number of benzene rings is 2. The number of nitrogen functional groups attached to an aromatic ring is 1. The molecule has 1 atom stereocenters. The Morgan fingerprint density at radius 1 is 0.903 bits per heavy atom. The third-order valence-corrected chi connectivity index (χ3v) is 6.76. The first kappa shape index (κ1) is 21.4. The van der Waals surface area contributed by atoms with Gasteiger partial charge in [-0.3, -0.25) is 9.59 Å². The topological polar surface area (TPSA) is 87.5 Å². The second-order valence-corrected chi connectivity index (χ2v) is 8.65. The second kappa shape index (κ2) is 9.96. The molecule has 0 aliphatic carbocycles. The Hall–Kier alpha value is -2.86. The van der Waals surface area contributed by atoms with Gasteiger partial charge in [-0.15, -0.1) is 0 Å². The molecule has 2 amide bonds. The SMILES string of the molecule is Nc1ccccc1C(=O)NC(C(=O)N1CCC(C2CCNCC2)CC1)c1ccccc1. The lowest BCUT2D eigenvalue weighted by Gasteiger charge is -2.39. The Labute approximate surface area is 184 Å². The van der Waals surface area contributed by atoms with Crippen molar-refractivity contribution in [2.24, 2.45) is 11.8 Å². The number of piperidine rings is 2. The highest BCUT2D eigenvalue weighted by Crippen LogP contribution is 2.31. The van der Waals surface area contributed by atoms with Crippen LogP contribution in [0.3, 0.4) is 0 Å². The van der Waals surface area contributed by atoms with Crippen LogP contribution in [0.2, 0.25) is 0 Å². The molecule has 2 heterocycles. The van der Waals surface area contributed by atoms with E-state index in [2.05, 4.69) is 10.6 Å². The molecule has 0 radical (unpaired) electrons. The van der Waals surface area contributed by atoms with E-state index in [-0.39, 0.29) is 11.8 Å². The van der Waals surface area contributed by atoms with Gasteiger partial charge < -0.3 is 21.3 Å². The van der Waals surface area contributed by atoms with Crippen molar-refractivity contribution in [3.05, 3.63) is 65.7 Å². The summed E-state index contributed by atoms with van der Waals surface area (Å²) in [4.78, 5) is 28.4. The molecule has 2 fully saturated rings. The third kappa shape index (κ3) is 5.07. The van der Waals surface area contributed by atoms with Gasteiger partial charge in [0.2, 0.25) is 5.91 Å². The van der Waals surface area contributed by atoms with E-state index in [1.165, 1.54) is 12.8 Å². The fourth-order valence-electron chi connectivity index (χ4n) is 4.94. The number of hydrogen-bond donors (Lipinski definition) is 3. The van der Waals surface area contributed by atoms with Crippen LogP contribution in [0.5, 0.6) is 0 Å². The smallest absolute Gasteiger partial charge is 0.254 e. The van der Waals surface area contributed by atoms with Gasteiger partial charge in [0.15, 0.2) is 0 Å². The minimum Gasteiger partial charge on any atom is -0.398 e. The van der Waals surface area contributed by atoms with Crippen molar-refractivity contribution in [1.29, 1.82) is 0 Å². The Morgan fingerprint density at radius 2 is 1.52 bits per heavy atom. The molecule has 2 aromatic carbocycles. The highest BCUT2D eigenvalue weighted by Gasteiger charge is 2.33. The van der Waals surface area contributed by atoms with E-state index >= 15 is 0 Å². The quantitative estimate of drug-likeness (QED) is 0.649. The molecule has 2 aromatic rings. The molecule has 2 aliphatic heterocycles. The van der Waals surface area contributed by atoms with Gasteiger partial charge in [0.1, 0.15) is 6.04 Å². The van der Waals surface area contributed by atoms with Gasteiger partial charge in [-0.2, -0.15) is 0 Å². The van der Waals surface area contributed by atoms with Crippen LogP contribution in [0.4, 0.5) is 5.69 Å². The largest absolute Gasteiger partial charge is 0.398 e. The number of anilines is 1. The lowest BCUT2D eigenvalue weighted by molar-refractivity contribution is -0.135. The Morgan fingerprint density at radius 3 is 2.19 bits per heavy atom. The number of nitrogens with two attached hydrogens (primary N) is 1. The molecule has 0 bridgehead atoms. The summed E-state index contributed by atoms with van der Waals surface area (Å²) in [6.45, 7) is 3.71. The van der Waals surface area contributed by atoms with Crippen LogP contribution >= 0.6 is 0 Å². The van der Waals surface area contributed by atoms with E-state index in [9.17, 15) is 9.59 Å². The molecule has 31 heavy (non-hydrogen) atoms. The molecule has 1 unspecified atom stereocenters. The van der Waals surface area contributed by atoms with Gasteiger partial charge in [-0.1, -0.05) is 42.5 Å². The van der Waals surface area contributed by atoms with E-state index in [0.717, 1.165) is 50.5 Å². The zero-order chi connectivity index (χ0) is 21.6. The standard InChI is InChI=1S/C25H32N4O2/c26-22-9-5-4-8-21(22)24(30)28-23(20-6-2-1-3-7-20)25(31)29-16-12-19(13-17-29)18-10-14-27-15-11-18/h1-9,18-19,23,27H,10-17,26H2,(H,28,30). The van der Waals surface area contributed by atoms with Gasteiger partial charge in [0.25, 0.3) is 5.91 Å². The Balaban J connectivity index is 1.46. The van der Waals surface area contributed by atoms with Crippen molar-refractivity contribution in [1.82, 2.24) is 15.5 Å². The lowest BCUT2D eigenvalue weighted by atomic mass is 9.79. The molecular formula is C25H32N4O2. The molecule has 0 aromatic heterocycles. The summed E-state index contributed by atoms with van der Waals surface area (Å²) in [7, 11) is 0. The highest BCUT2D eigenvalue weighted by molar-refractivity contribution is 6.01. The summed E-state index contributed by atoms with van der Waals surface area (Å²) >= 11 is 0. The number of carbonyl (C=O) groups excluding carboxylic acids is 2. The fraction of sp³-hybridized carbons (Fsp3) is 0.440. The van der Waals surface area contributed by atoms with Gasteiger partial charge in [-0.25, -0.2) is 0 Å². The van der Waals surface area contributed by atoms with Crippen molar-refractivity contribution in [3.8, 4) is 0 Å². The van der Waals surface area contributed by atoms with Gasteiger partial charge in [0.05, 0.1) is 5.56 Å². The minimum atomic E-state index is -0.719. The van der Waals surface area contributed by atoms with E-state index in [0.29, 0.717) is 17.2 Å². The molecule has 2 saturated heterocycles. The summed E-state index contributed by atoms with van der Waals surface area (Å²) in [5.41, 5.74) is 7.56. The number of nitrogens with one attached hydrogen (secondary N) is 2. The van der Waals surface area contributed by atoms with Crippen LogP contribution in [0, 0.1) is 11.8 Å². The Kier molecular flexibility index (Phi) is 6.87.